The van der Waals surface area contributed by atoms with Gasteiger partial charge in [-0.15, -0.1) is 0 Å². The van der Waals surface area contributed by atoms with Gasteiger partial charge in [0, 0.05) is 6.07 Å². The quantitative estimate of drug-likeness (QED) is 0.674. The summed E-state index contributed by atoms with van der Waals surface area (Å²) in [4.78, 5) is 10.1. The third-order valence-corrected chi connectivity index (χ3v) is 1.78. The fourth-order valence-electron chi connectivity index (χ4n) is 1.11. The van der Waals surface area contributed by atoms with E-state index in [9.17, 15) is 4.79 Å². The zero-order valence-electron chi connectivity index (χ0n) is 8.86. The molecule has 0 amide bonds. The molecule has 1 aromatic rings. The minimum Gasteiger partial charge on any atom is -0.493 e. The summed E-state index contributed by atoms with van der Waals surface area (Å²) in [7, 11) is 1.54. The largest absolute Gasteiger partial charge is 0.493 e. The van der Waals surface area contributed by atoms with Crippen molar-refractivity contribution >= 4 is 6.47 Å². The maximum atomic E-state index is 10.1. The second kappa shape index (κ2) is 5.90. The Hall–Kier alpha value is -1.71. The fraction of sp³-hybridized carbons (Fsp3) is 0.364. The molecule has 4 nitrogen and oxygen atoms in total. The highest BCUT2D eigenvalue weighted by atomic mass is 16.5. The third-order valence-electron chi connectivity index (χ3n) is 1.78. The molecule has 0 bridgehead atoms. The lowest BCUT2D eigenvalue weighted by Gasteiger charge is -2.10. The molecule has 4 heteroatoms. The van der Waals surface area contributed by atoms with Crippen molar-refractivity contribution in [2.24, 2.45) is 0 Å². The van der Waals surface area contributed by atoms with Gasteiger partial charge in [-0.25, -0.2) is 0 Å². The molecule has 0 fully saturated rings. The van der Waals surface area contributed by atoms with Gasteiger partial charge in [-0.05, 0) is 18.6 Å². The van der Waals surface area contributed by atoms with Crippen molar-refractivity contribution in [3.05, 3.63) is 18.2 Å². The monoisotopic (exact) mass is 210 g/mol. The second-order valence-electron chi connectivity index (χ2n) is 2.88. The maximum Gasteiger partial charge on any atom is 0.298 e. The molecule has 82 valence electrons. The highest BCUT2D eigenvalue weighted by Gasteiger charge is 2.05. The molecule has 0 aliphatic rings. The van der Waals surface area contributed by atoms with E-state index in [4.69, 9.17) is 14.2 Å². The standard InChI is InChI=1S/C11H14O4/c1-3-6-14-10-5-4-9(15-8-12)7-11(10)13-2/h4-5,7-8H,3,6H2,1-2H3. The van der Waals surface area contributed by atoms with Gasteiger partial charge in [-0.2, -0.15) is 0 Å². The van der Waals surface area contributed by atoms with Crippen molar-refractivity contribution in [3.8, 4) is 17.2 Å². The van der Waals surface area contributed by atoms with Crippen LogP contribution in [-0.2, 0) is 4.79 Å². The highest BCUT2D eigenvalue weighted by molar-refractivity contribution is 5.51. The van der Waals surface area contributed by atoms with Crippen LogP contribution in [0.1, 0.15) is 13.3 Å². The lowest BCUT2D eigenvalue weighted by Crippen LogP contribution is -1.98. The van der Waals surface area contributed by atoms with E-state index in [1.807, 2.05) is 6.92 Å². The van der Waals surface area contributed by atoms with Gasteiger partial charge in [0.05, 0.1) is 13.7 Å². The minimum absolute atomic E-state index is 0.376. The van der Waals surface area contributed by atoms with Crippen molar-refractivity contribution in [2.75, 3.05) is 13.7 Å². The topological polar surface area (TPSA) is 44.8 Å². The number of hydrogen-bond acceptors (Lipinski definition) is 4. The number of ether oxygens (including phenoxy) is 3. The first kappa shape index (κ1) is 11.4. The van der Waals surface area contributed by atoms with Gasteiger partial charge in [0.15, 0.2) is 11.5 Å². The zero-order chi connectivity index (χ0) is 11.1. The zero-order valence-corrected chi connectivity index (χ0v) is 8.86. The van der Waals surface area contributed by atoms with Crippen LogP contribution in [0.2, 0.25) is 0 Å². The predicted molar refractivity (Wildman–Crippen MR) is 55.5 cm³/mol. The summed E-state index contributed by atoms with van der Waals surface area (Å²) in [5, 5.41) is 0. The van der Waals surface area contributed by atoms with Crippen LogP contribution in [0.15, 0.2) is 18.2 Å². The van der Waals surface area contributed by atoms with Crippen LogP contribution in [0.25, 0.3) is 0 Å². The molecule has 0 unspecified atom stereocenters. The molecular formula is C11H14O4. The third kappa shape index (κ3) is 3.16. The molecule has 15 heavy (non-hydrogen) atoms. The van der Waals surface area contributed by atoms with Gasteiger partial charge in [0.1, 0.15) is 5.75 Å². The summed E-state index contributed by atoms with van der Waals surface area (Å²) < 4.78 is 15.2. The maximum absolute atomic E-state index is 10.1. The van der Waals surface area contributed by atoms with Crippen LogP contribution in [0, 0.1) is 0 Å². The van der Waals surface area contributed by atoms with Gasteiger partial charge in [0.2, 0.25) is 0 Å². The van der Waals surface area contributed by atoms with Gasteiger partial charge in [-0.1, -0.05) is 6.92 Å². The van der Waals surface area contributed by atoms with E-state index in [1.54, 1.807) is 25.3 Å². The molecule has 0 heterocycles. The van der Waals surface area contributed by atoms with Crippen molar-refractivity contribution in [2.45, 2.75) is 13.3 Å². The molecule has 1 rings (SSSR count). The molecule has 0 N–H and O–H groups in total. The van der Waals surface area contributed by atoms with Gasteiger partial charge in [0.25, 0.3) is 6.47 Å². The molecular weight excluding hydrogens is 196 g/mol. The normalized spacial score (nSPS) is 9.47. The molecule has 0 atom stereocenters. The van der Waals surface area contributed by atoms with Gasteiger partial charge < -0.3 is 14.2 Å². The van der Waals surface area contributed by atoms with Crippen LogP contribution >= 0.6 is 0 Å². The van der Waals surface area contributed by atoms with Crippen LogP contribution in [0.5, 0.6) is 17.2 Å². The first-order valence-electron chi connectivity index (χ1n) is 4.73. The Bertz CT molecular complexity index is 322. The van der Waals surface area contributed by atoms with Crippen molar-refractivity contribution in [1.29, 1.82) is 0 Å². The Morgan fingerprint density at radius 1 is 1.33 bits per heavy atom. The Morgan fingerprint density at radius 3 is 2.73 bits per heavy atom. The van der Waals surface area contributed by atoms with E-state index in [2.05, 4.69) is 0 Å². The lowest BCUT2D eigenvalue weighted by atomic mass is 10.3. The molecule has 0 aliphatic heterocycles. The number of carbonyl (C=O) groups excluding carboxylic acids is 1. The van der Waals surface area contributed by atoms with E-state index in [1.165, 1.54) is 0 Å². The number of methoxy groups -OCH3 is 1. The van der Waals surface area contributed by atoms with Gasteiger partial charge >= 0.3 is 0 Å². The van der Waals surface area contributed by atoms with Crippen LogP contribution < -0.4 is 14.2 Å². The SMILES string of the molecule is CCCOc1ccc(OC=O)cc1OC. The molecule has 1 aromatic carbocycles. The predicted octanol–water partition coefficient (Wildman–Crippen LogP) is 2.02. The second-order valence-corrected chi connectivity index (χ2v) is 2.88. The number of rotatable bonds is 6. The van der Waals surface area contributed by atoms with Crippen LogP contribution in [0.4, 0.5) is 0 Å². The van der Waals surface area contributed by atoms with Crippen LogP contribution in [-0.4, -0.2) is 20.2 Å². The average Bonchev–Trinajstić information content (AvgIpc) is 2.27. The molecule has 0 aliphatic carbocycles. The van der Waals surface area contributed by atoms with E-state index in [-0.39, 0.29) is 0 Å². The summed E-state index contributed by atoms with van der Waals surface area (Å²) >= 11 is 0. The Morgan fingerprint density at radius 2 is 2.13 bits per heavy atom. The van der Waals surface area contributed by atoms with E-state index in [0.29, 0.717) is 30.3 Å². The van der Waals surface area contributed by atoms with Crippen molar-refractivity contribution in [3.63, 3.8) is 0 Å². The Labute approximate surface area is 88.8 Å². The molecule has 0 radical (unpaired) electrons. The first-order valence-corrected chi connectivity index (χ1v) is 4.73. The summed E-state index contributed by atoms with van der Waals surface area (Å²) in [6, 6.07) is 4.98. The molecule has 0 spiro atoms. The fourth-order valence-corrected chi connectivity index (χ4v) is 1.11. The van der Waals surface area contributed by atoms with Crippen molar-refractivity contribution < 1.29 is 19.0 Å². The minimum atomic E-state index is 0.376. The lowest BCUT2D eigenvalue weighted by molar-refractivity contribution is -0.120. The summed E-state index contributed by atoms with van der Waals surface area (Å²) in [5.41, 5.74) is 0. The Kier molecular flexibility index (Phi) is 4.47. The summed E-state index contributed by atoms with van der Waals surface area (Å²) in [6.45, 7) is 3.03. The Balaban J connectivity index is 2.82. The van der Waals surface area contributed by atoms with E-state index >= 15 is 0 Å². The molecule has 0 saturated carbocycles. The van der Waals surface area contributed by atoms with Gasteiger partial charge in [-0.3, -0.25) is 4.79 Å². The number of benzene rings is 1. The van der Waals surface area contributed by atoms with Crippen LogP contribution in [0.3, 0.4) is 0 Å². The summed E-state index contributed by atoms with van der Waals surface area (Å²) in [6.07, 6.45) is 0.926. The smallest absolute Gasteiger partial charge is 0.298 e. The molecule has 0 aromatic heterocycles. The van der Waals surface area contributed by atoms with E-state index < -0.39 is 0 Å². The van der Waals surface area contributed by atoms with Crippen molar-refractivity contribution in [1.82, 2.24) is 0 Å². The highest BCUT2D eigenvalue weighted by Crippen LogP contribution is 2.31. The number of hydrogen-bond donors (Lipinski definition) is 0. The molecule has 0 saturated heterocycles. The number of carbonyl (C=O) groups is 1. The van der Waals surface area contributed by atoms with E-state index in [0.717, 1.165) is 6.42 Å². The average molecular weight is 210 g/mol. The summed E-state index contributed by atoms with van der Waals surface area (Å²) in [5.74, 6) is 1.64. The first-order chi connectivity index (χ1) is 7.31.